The number of piperazine rings is 2. The molecular formula is C25H52N4. The molecule has 0 radical (unpaired) electrons. The Hall–Kier alpha value is -0.160. The molecule has 0 unspecified atom stereocenters. The molecule has 2 aliphatic heterocycles. The van der Waals surface area contributed by atoms with Crippen LogP contribution >= 0.6 is 0 Å². The summed E-state index contributed by atoms with van der Waals surface area (Å²) >= 11 is 0. The molecule has 0 saturated carbocycles. The lowest BCUT2D eigenvalue weighted by Gasteiger charge is -2.52. The van der Waals surface area contributed by atoms with E-state index in [1.807, 2.05) is 0 Å². The van der Waals surface area contributed by atoms with Gasteiger partial charge in [-0.2, -0.15) is 0 Å². The molecule has 29 heavy (non-hydrogen) atoms. The first kappa shape index (κ1) is 25.1. The van der Waals surface area contributed by atoms with Crippen molar-refractivity contribution in [1.29, 1.82) is 0 Å². The lowest BCUT2D eigenvalue weighted by molar-refractivity contribution is -0.0345. The van der Waals surface area contributed by atoms with Gasteiger partial charge in [-0.05, 0) is 89.0 Å². The summed E-state index contributed by atoms with van der Waals surface area (Å²) in [6.07, 6.45) is 2.53. The third kappa shape index (κ3) is 6.41. The largest absolute Gasteiger partial charge is 0.296 e. The summed E-state index contributed by atoms with van der Waals surface area (Å²) < 4.78 is 0. The third-order valence-corrected chi connectivity index (χ3v) is 7.79. The molecule has 0 aromatic heterocycles. The molecule has 2 saturated heterocycles. The van der Waals surface area contributed by atoms with Crippen molar-refractivity contribution < 1.29 is 0 Å². The summed E-state index contributed by atoms with van der Waals surface area (Å²) in [4.78, 5) is 10.8. The zero-order valence-electron chi connectivity index (χ0n) is 21.7. The smallest absolute Gasteiger partial charge is 0.0200 e. The van der Waals surface area contributed by atoms with Gasteiger partial charge in [-0.15, -0.1) is 0 Å². The molecule has 4 heteroatoms. The van der Waals surface area contributed by atoms with Crippen molar-refractivity contribution in [2.75, 3.05) is 45.8 Å². The van der Waals surface area contributed by atoms with Crippen molar-refractivity contribution in [1.82, 2.24) is 19.6 Å². The minimum atomic E-state index is 0.258. The van der Waals surface area contributed by atoms with Gasteiger partial charge in [0.15, 0.2) is 0 Å². The molecule has 1 atom stereocenters. The van der Waals surface area contributed by atoms with E-state index in [2.05, 4.69) is 95.8 Å². The SMILES string of the molecule is C[C@H]1CN(C(C)(C)C)CCN1C(C)(C)CCC(C)(C)N1CCN(C(C)(C)C)CC1. The molecule has 2 aliphatic rings. The van der Waals surface area contributed by atoms with Gasteiger partial charge in [0.05, 0.1) is 0 Å². The van der Waals surface area contributed by atoms with E-state index < -0.39 is 0 Å². The maximum atomic E-state index is 2.78. The zero-order valence-corrected chi connectivity index (χ0v) is 21.7. The molecule has 0 aromatic carbocycles. The van der Waals surface area contributed by atoms with Gasteiger partial charge in [0.1, 0.15) is 0 Å². The van der Waals surface area contributed by atoms with Crippen molar-refractivity contribution in [3.05, 3.63) is 0 Å². The first-order valence-corrected chi connectivity index (χ1v) is 12.1. The van der Waals surface area contributed by atoms with Crippen LogP contribution in [0.15, 0.2) is 0 Å². The normalized spacial score (nSPS) is 25.6. The second-order valence-corrected chi connectivity index (χ2v) is 12.9. The molecule has 2 fully saturated rings. The Bertz CT molecular complexity index is 518. The standard InChI is InChI=1S/C25H52N4/c1-21-20-28(23(5,6)7)18-19-29(21)25(10,11)13-12-24(8,9)27-16-14-26(15-17-27)22(2,3)4/h21H,12-20H2,1-11H3/t21-/m0/s1. The first-order chi connectivity index (χ1) is 13.0. The van der Waals surface area contributed by atoms with Crippen LogP contribution < -0.4 is 0 Å². The summed E-state index contributed by atoms with van der Waals surface area (Å²) in [6.45, 7) is 34.8. The van der Waals surface area contributed by atoms with Crippen molar-refractivity contribution in [3.63, 3.8) is 0 Å². The Morgan fingerprint density at radius 3 is 1.41 bits per heavy atom. The fourth-order valence-electron chi connectivity index (χ4n) is 5.36. The quantitative estimate of drug-likeness (QED) is 0.662. The highest BCUT2D eigenvalue weighted by molar-refractivity contribution is 4.96. The van der Waals surface area contributed by atoms with Crippen LogP contribution in [0, 0.1) is 0 Å². The van der Waals surface area contributed by atoms with Crippen LogP contribution in [0.4, 0.5) is 0 Å². The van der Waals surface area contributed by atoms with E-state index in [0.717, 1.165) is 0 Å². The van der Waals surface area contributed by atoms with E-state index in [9.17, 15) is 0 Å². The highest BCUT2D eigenvalue weighted by Crippen LogP contribution is 2.32. The third-order valence-electron chi connectivity index (χ3n) is 7.79. The molecular weight excluding hydrogens is 356 g/mol. The van der Waals surface area contributed by atoms with E-state index in [1.165, 1.54) is 58.7 Å². The molecule has 0 spiro atoms. The average Bonchev–Trinajstić information content (AvgIpc) is 2.58. The summed E-state index contributed by atoms with van der Waals surface area (Å²) in [5, 5.41) is 0. The Morgan fingerprint density at radius 1 is 0.552 bits per heavy atom. The minimum absolute atomic E-state index is 0.258. The lowest BCUT2D eigenvalue weighted by atomic mass is 9.85. The molecule has 172 valence electrons. The second-order valence-electron chi connectivity index (χ2n) is 12.9. The van der Waals surface area contributed by atoms with Crippen LogP contribution in [0.3, 0.4) is 0 Å². The van der Waals surface area contributed by atoms with E-state index >= 15 is 0 Å². The number of hydrogen-bond donors (Lipinski definition) is 0. The Morgan fingerprint density at radius 2 is 0.966 bits per heavy atom. The second kappa shape index (κ2) is 8.76. The van der Waals surface area contributed by atoms with E-state index in [-0.39, 0.29) is 16.6 Å². The van der Waals surface area contributed by atoms with Crippen molar-refractivity contribution in [2.45, 2.75) is 117 Å². The fraction of sp³-hybridized carbons (Fsp3) is 1.00. The molecule has 0 bridgehead atoms. The average molecular weight is 409 g/mol. The highest BCUT2D eigenvalue weighted by Gasteiger charge is 2.39. The van der Waals surface area contributed by atoms with Gasteiger partial charge in [0, 0.05) is 74.0 Å². The summed E-state index contributed by atoms with van der Waals surface area (Å²) in [6, 6.07) is 0.622. The van der Waals surface area contributed by atoms with Crippen LogP contribution in [0.2, 0.25) is 0 Å². The summed E-state index contributed by atoms with van der Waals surface area (Å²) in [7, 11) is 0. The molecule has 2 rings (SSSR count). The van der Waals surface area contributed by atoms with E-state index in [0.29, 0.717) is 11.6 Å². The Labute approximate surface area is 183 Å². The van der Waals surface area contributed by atoms with Gasteiger partial charge in [-0.3, -0.25) is 19.6 Å². The first-order valence-electron chi connectivity index (χ1n) is 12.1. The number of rotatable bonds is 5. The molecule has 0 aromatic rings. The summed E-state index contributed by atoms with van der Waals surface area (Å²) in [5.74, 6) is 0. The fourth-order valence-corrected chi connectivity index (χ4v) is 5.36. The van der Waals surface area contributed by atoms with Gasteiger partial charge < -0.3 is 0 Å². The van der Waals surface area contributed by atoms with Gasteiger partial charge in [0.2, 0.25) is 0 Å². The van der Waals surface area contributed by atoms with Crippen LogP contribution in [0.1, 0.15) is 89.0 Å². The van der Waals surface area contributed by atoms with Crippen molar-refractivity contribution in [2.24, 2.45) is 0 Å². The van der Waals surface area contributed by atoms with Gasteiger partial charge >= 0.3 is 0 Å². The Balaban J connectivity index is 1.90. The minimum Gasteiger partial charge on any atom is -0.296 e. The highest BCUT2D eigenvalue weighted by atomic mass is 15.3. The topological polar surface area (TPSA) is 13.0 Å². The zero-order chi connectivity index (χ0) is 22.3. The van der Waals surface area contributed by atoms with Gasteiger partial charge in [-0.25, -0.2) is 0 Å². The molecule has 4 nitrogen and oxygen atoms in total. The maximum absolute atomic E-state index is 2.78. The predicted molar refractivity (Wildman–Crippen MR) is 128 cm³/mol. The van der Waals surface area contributed by atoms with Crippen molar-refractivity contribution in [3.8, 4) is 0 Å². The maximum Gasteiger partial charge on any atom is 0.0200 e. The van der Waals surface area contributed by atoms with E-state index in [4.69, 9.17) is 0 Å². The molecule has 2 heterocycles. The van der Waals surface area contributed by atoms with Crippen LogP contribution in [0.5, 0.6) is 0 Å². The van der Waals surface area contributed by atoms with Gasteiger partial charge in [0.25, 0.3) is 0 Å². The molecule has 0 N–H and O–H groups in total. The number of nitrogens with zero attached hydrogens (tertiary/aromatic N) is 4. The summed E-state index contributed by atoms with van der Waals surface area (Å²) in [5.41, 5.74) is 1.11. The monoisotopic (exact) mass is 408 g/mol. The predicted octanol–water partition coefficient (Wildman–Crippen LogP) is 4.54. The van der Waals surface area contributed by atoms with E-state index in [1.54, 1.807) is 0 Å². The van der Waals surface area contributed by atoms with Crippen LogP contribution in [-0.2, 0) is 0 Å². The van der Waals surface area contributed by atoms with Crippen LogP contribution in [-0.4, -0.2) is 93.6 Å². The van der Waals surface area contributed by atoms with Crippen molar-refractivity contribution >= 4 is 0 Å². The lowest BCUT2D eigenvalue weighted by Crippen LogP contribution is -2.63. The Kier molecular flexibility index (Phi) is 7.59. The molecule has 0 aliphatic carbocycles. The van der Waals surface area contributed by atoms with Gasteiger partial charge in [-0.1, -0.05) is 0 Å². The molecule has 0 amide bonds. The number of hydrogen-bond acceptors (Lipinski definition) is 4. The van der Waals surface area contributed by atoms with Crippen LogP contribution in [0.25, 0.3) is 0 Å².